The first kappa shape index (κ1) is 8.94. The molecule has 74 valence electrons. The molecule has 3 nitrogen and oxygen atoms in total. The topological polar surface area (TPSA) is 32.3 Å². The van der Waals surface area contributed by atoms with Crippen LogP contribution in [0.4, 0.5) is 4.48 Å². The first-order valence-electron chi connectivity index (χ1n) is 4.68. The Morgan fingerprint density at radius 1 is 1.54 bits per heavy atom. The minimum Gasteiger partial charge on any atom is -0.341 e. The number of likely N-dealkylation sites (tertiary alicyclic amines) is 1. The van der Waals surface area contributed by atoms with Crippen molar-refractivity contribution in [1.29, 1.82) is 0 Å². The number of amides is 1. The summed E-state index contributed by atoms with van der Waals surface area (Å²) >= 11 is 0. The number of carbonyl (C=O) groups is 1. The van der Waals surface area contributed by atoms with Crippen molar-refractivity contribution in [1.82, 2.24) is 10.4 Å². The Labute approximate surface area is 77.2 Å². The highest BCUT2D eigenvalue weighted by Crippen LogP contribution is 2.61. The number of nitrogens with one attached hydrogen (secondary N) is 1. The zero-order valence-corrected chi connectivity index (χ0v) is 8.01. The van der Waals surface area contributed by atoms with Gasteiger partial charge in [0.15, 0.2) is 0 Å². The van der Waals surface area contributed by atoms with Gasteiger partial charge in [0.05, 0.1) is 0 Å². The summed E-state index contributed by atoms with van der Waals surface area (Å²) in [6, 6.07) is 0. The van der Waals surface area contributed by atoms with Crippen molar-refractivity contribution in [3.63, 3.8) is 0 Å². The van der Waals surface area contributed by atoms with Gasteiger partial charge >= 0.3 is 0 Å². The van der Waals surface area contributed by atoms with Crippen LogP contribution in [-0.2, 0) is 4.79 Å². The summed E-state index contributed by atoms with van der Waals surface area (Å²) in [7, 11) is 0. The van der Waals surface area contributed by atoms with Crippen LogP contribution >= 0.6 is 0 Å². The molecule has 0 aromatic carbocycles. The monoisotopic (exact) mass is 186 g/mol. The fraction of sp³-hybridized carbons (Fsp3) is 0.889. The number of piperidine rings is 1. The Kier molecular flexibility index (Phi) is 1.84. The first-order valence-corrected chi connectivity index (χ1v) is 4.68. The third-order valence-electron chi connectivity index (χ3n) is 3.69. The predicted octanol–water partition coefficient (Wildman–Crippen LogP) is 0.575. The van der Waals surface area contributed by atoms with E-state index in [1.807, 2.05) is 0 Å². The van der Waals surface area contributed by atoms with Gasteiger partial charge in [0.25, 0.3) is 0 Å². The lowest BCUT2D eigenvalue weighted by Crippen LogP contribution is -2.37. The van der Waals surface area contributed by atoms with E-state index in [0.29, 0.717) is 17.3 Å². The van der Waals surface area contributed by atoms with Crippen molar-refractivity contribution < 1.29 is 9.28 Å². The molecule has 0 radical (unpaired) electrons. The molecule has 0 aromatic heterocycles. The van der Waals surface area contributed by atoms with Gasteiger partial charge in [-0.1, -0.05) is 13.8 Å². The molecule has 2 atom stereocenters. The van der Waals surface area contributed by atoms with Gasteiger partial charge in [-0.2, -0.15) is 0 Å². The molecule has 0 spiro atoms. The van der Waals surface area contributed by atoms with Crippen LogP contribution in [0.1, 0.15) is 13.8 Å². The molecule has 2 unspecified atom stereocenters. The van der Waals surface area contributed by atoms with Crippen molar-refractivity contribution >= 4 is 5.91 Å². The third-order valence-corrected chi connectivity index (χ3v) is 3.69. The van der Waals surface area contributed by atoms with Gasteiger partial charge in [-0.3, -0.25) is 4.79 Å². The number of hydrogen-bond acceptors (Lipinski definition) is 2. The highest BCUT2D eigenvalue weighted by Gasteiger charge is 2.62. The minimum absolute atomic E-state index is 0.120. The molecule has 0 bridgehead atoms. The number of nitrogens with zero attached hydrogens (tertiary/aromatic N) is 1. The van der Waals surface area contributed by atoms with Crippen LogP contribution in [0, 0.1) is 17.3 Å². The molecule has 1 aliphatic heterocycles. The normalized spacial score (nSPS) is 34.5. The molecule has 2 fully saturated rings. The summed E-state index contributed by atoms with van der Waals surface area (Å²) in [6.45, 7) is 5.92. The van der Waals surface area contributed by atoms with Gasteiger partial charge in [-0.05, 0) is 17.3 Å². The molecule has 1 aliphatic carbocycles. The van der Waals surface area contributed by atoms with Crippen molar-refractivity contribution in [2.45, 2.75) is 13.8 Å². The Balaban J connectivity index is 1.87. The Morgan fingerprint density at radius 3 is 2.54 bits per heavy atom. The molecule has 2 aliphatic rings. The largest absolute Gasteiger partial charge is 0.341 e. The lowest BCUT2D eigenvalue weighted by molar-refractivity contribution is -0.130. The second-order valence-electron chi connectivity index (χ2n) is 4.64. The molecule has 4 heteroatoms. The molecule has 1 amide bonds. The molecular weight excluding hydrogens is 171 g/mol. The number of fused-ring (bicyclic) bond motifs is 1. The number of carbonyl (C=O) groups excluding carboxylic acids is 1. The van der Waals surface area contributed by atoms with E-state index in [1.165, 1.54) is 5.54 Å². The van der Waals surface area contributed by atoms with E-state index in [-0.39, 0.29) is 12.5 Å². The van der Waals surface area contributed by atoms with Crippen molar-refractivity contribution in [3.05, 3.63) is 0 Å². The van der Waals surface area contributed by atoms with Crippen LogP contribution in [0.2, 0.25) is 0 Å². The lowest BCUT2D eigenvalue weighted by atomic mass is 10.1. The van der Waals surface area contributed by atoms with E-state index in [4.69, 9.17) is 0 Å². The molecule has 0 aromatic rings. The van der Waals surface area contributed by atoms with Crippen LogP contribution in [0.5, 0.6) is 0 Å². The maximum absolute atomic E-state index is 11.7. The van der Waals surface area contributed by atoms with Crippen LogP contribution in [0.3, 0.4) is 0 Å². The van der Waals surface area contributed by atoms with Crippen molar-refractivity contribution in [2.75, 3.05) is 19.6 Å². The predicted molar refractivity (Wildman–Crippen MR) is 46.5 cm³/mol. The summed E-state index contributed by atoms with van der Waals surface area (Å²) in [6.07, 6.45) is 0. The Hall–Kier alpha value is -0.640. The second kappa shape index (κ2) is 2.67. The zero-order chi connectivity index (χ0) is 9.64. The summed E-state index contributed by atoms with van der Waals surface area (Å²) < 4.78 is 11.7. The molecule has 1 saturated heterocycles. The maximum atomic E-state index is 11.7. The summed E-state index contributed by atoms with van der Waals surface area (Å²) in [4.78, 5) is 13.0. The highest BCUT2D eigenvalue weighted by molar-refractivity contribution is 5.78. The van der Waals surface area contributed by atoms with Crippen molar-refractivity contribution in [3.8, 4) is 0 Å². The van der Waals surface area contributed by atoms with E-state index in [0.717, 1.165) is 13.1 Å². The molecule has 2 rings (SSSR count). The minimum atomic E-state index is -0.181. The molecule has 1 N–H and O–H groups in total. The number of hydrogen-bond donors (Lipinski definition) is 1. The van der Waals surface area contributed by atoms with E-state index >= 15 is 0 Å². The quantitative estimate of drug-likeness (QED) is 0.640. The Bertz CT molecular complexity index is 228. The van der Waals surface area contributed by atoms with Crippen LogP contribution in [-0.4, -0.2) is 30.4 Å². The number of rotatable bonds is 2. The van der Waals surface area contributed by atoms with Gasteiger partial charge in [0, 0.05) is 13.1 Å². The maximum Gasteiger partial charge on any atom is 0.239 e. The molecular formula is C9H15FN2O. The average molecular weight is 186 g/mol. The average Bonchev–Trinajstić information content (AvgIpc) is 2.53. The van der Waals surface area contributed by atoms with E-state index < -0.39 is 0 Å². The fourth-order valence-corrected chi connectivity index (χ4v) is 2.50. The van der Waals surface area contributed by atoms with E-state index in [9.17, 15) is 9.28 Å². The smallest absolute Gasteiger partial charge is 0.239 e. The van der Waals surface area contributed by atoms with Crippen LogP contribution in [0.15, 0.2) is 0 Å². The number of halogens is 1. The van der Waals surface area contributed by atoms with Crippen LogP contribution < -0.4 is 5.54 Å². The fourth-order valence-electron chi connectivity index (χ4n) is 2.50. The summed E-state index contributed by atoms with van der Waals surface area (Å²) in [5, 5.41) is 0. The van der Waals surface area contributed by atoms with Gasteiger partial charge in [-0.25, -0.2) is 0 Å². The van der Waals surface area contributed by atoms with Crippen molar-refractivity contribution in [2.24, 2.45) is 17.3 Å². The van der Waals surface area contributed by atoms with Gasteiger partial charge in [0.2, 0.25) is 5.91 Å². The summed E-state index contributed by atoms with van der Waals surface area (Å²) in [5.74, 6) is 1.18. The SMILES string of the molecule is CC1(C)C2CN(C(=O)CNF)CC21. The molecule has 1 heterocycles. The van der Waals surface area contributed by atoms with Crippen LogP contribution in [0.25, 0.3) is 0 Å². The van der Waals surface area contributed by atoms with Gasteiger partial charge in [-0.15, -0.1) is 10.0 Å². The summed E-state index contributed by atoms with van der Waals surface area (Å²) in [5.41, 5.74) is 1.82. The lowest BCUT2D eigenvalue weighted by Gasteiger charge is -2.21. The zero-order valence-electron chi connectivity index (χ0n) is 8.01. The highest BCUT2D eigenvalue weighted by atomic mass is 19.2. The first-order chi connectivity index (χ1) is 6.07. The second-order valence-corrected chi connectivity index (χ2v) is 4.64. The standard InChI is InChI=1S/C9H15FN2O/c1-9(2)6-4-12(5-7(6)9)8(13)3-11-10/h6-7,11H,3-5H2,1-2H3. The Morgan fingerprint density at radius 2 is 2.08 bits per heavy atom. The van der Waals surface area contributed by atoms with Gasteiger partial charge in [0.1, 0.15) is 6.54 Å². The molecule has 13 heavy (non-hydrogen) atoms. The molecule has 1 saturated carbocycles. The third kappa shape index (κ3) is 1.24. The van der Waals surface area contributed by atoms with Gasteiger partial charge < -0.3 is 4.90 Å². The van der Waals surface area contributed by atoms with E-state index in [2.05, 4.69) is 13.8 Å². The van der Waals surface area contributed by atoms with E-state index in [1.54, 1.807) is 4.90 Å².